The number of alkyl halides is 1. The molecule has 1 aliphatic rings. The SMILES string of the molecule is CC1OC(C)C(C(=O)NC(C)(C)CBr)C1C. The van der Waals surface area contributed by atoms with Crippen molar-refractivity contribution in [3.05, 3.63) is 0 Å². The molecule has 0 aromatic carbocycles. The molecule has 1 amide bonds. The van der Waals surface area contributed by atoms with Gasteiger partial charge in [0.05, 0.1) is 18.1 Å². The van der Waals surface area contributed by atoms with Gasteiger partial charge in [0.1, 0.15) is 0 Å². The maximum atomic E-state index is 12.2. The van der Waals surface area contributed by atoms with Gasteiger partial charge in [-0.05, 0) is 33.6 Å². The predicted molar refractivity (Wildman–Crippen MR) is 68.7 cm³/mol. The van der Waals surface area contributed by atoms with Crippen molar-refractivity contribution in [2.75, 3.05) is 5.33 Å². The van der Waals surface area contributed by atoms with E-state index in [1.807, 2.05) is 27.7 Å². The summed E-state index contributed by atoms with van der Waals surface area (Å²) in [7, 11) is 0. The maximum absolute atomic E-state index is 12.2. The zero-order valence-electron chi connectivity index (χ0n) is 10.7. The number of halogens is 1. The summed E-state index contributed by atoms with van der Waals surface area (Å²) in [5, 5.41) is 3.81. The molecule has 0 radical (unpaired) electrons. The van der Waals surface area contributed by atoms with Crippen molar-refractivity contribution in [1.29, 1.82) is 0 Å². The lowest BCUT2D eigenvalue weighted by Crippen LogP contribution is -2.49. The lowest BCUT2D eigenvalue weighted by atomic mass is 9.88. The van der Waals surface area contributed by atoms with E-state index in [1.165, 1.54) is 0 Å². The van der Waals surface area contributed by atoms with E-state index >= 15 is 0 Å². The second kappa shape index (κ2) is 5.05. The lowest BCUT2D eigenvalue weighted by Gasteiger charge is -2.27. The molecule has 1 saturated heterocycles. The van der Waals surface area contributed by atoms with Crippen LogP contribution in [-0.2, 0) is 9.53 Å². The highest BCUT2D eigenvalue weighted by molar-refractivity contribution is 9.09. The fraction of sp³-hybridized carbons (Fsp3) is 0.917. The number of ether oxygens (including phenoxy) is 1. The van der Waals surface area contributed by atoms with Gasteiger partial charge >= 0.3 is 0 Å². The Morgan fingerprint density at radius 3 is 2.25 bits per heavy atom. The van der Waals surface area contributed by atoms with Gasteiger partial charge in [-0.15, -0.1) is 0 Å². The van der Waals surface area contributed by atoms with Crippen LogP contribution in [0.25, 0.3) is 0 Å². The summed E-state index contributed by atoms with van der Waals surface area (Å²) in [6, 6.07) is 0. The minimum Gasteiger partial charge on any atom is -0.374 e. The van der Waals surface area contributed by atoms with Gasteiger partial charge in [0, 0.05) is 10.9 Å². The molecule has 16 heavy (non-hydrogen) atoms. The first kappa shape index (κ1) is 14.0. The van der Waals surface area contributed by atoms with Crippen LogP contribution in [0.2, 0.25) is 0 Å². The Kier molecular flexibility index (Phi) is 4.41. The number of amides is 1. The zero-order chi connectivity index (χ0) is 12.5. The zero-order valence-corrected chi connectivity index (χ0v) is 12.3. The van der Waals surface area contributed by atoms with Gasteiger partial charge in [-0.2, -0.15) is 0 Å². The summed E-state index contributed by atoms with van der Waals surface area (Å²) >= 11 is 3.40. The second-order valence-electron chi connectivity index (χ2n) is 5.44. The Morgan fingerprint density at radius 2 is 1.88 bits per heavy atom. The molecular weight excluding hydrogens is 270 g/mol. The van der Waals surface area contributed by atoms with E-state index in [0.717, 1.165) is 5.33 Å². The molecule has 0 aromatic heterocycles. The number of hydrogen-bond acceptors (Lipinski definition) is 2. The molecule has 4 unspecified atom stereocenters. The van der Waals surface area contributed by atoms with Gasteiger partial charge in [-0.25, -0.2) is 0 Å². The fourth-order valence-corrected chi connectivity index (χ4v) is 2.31. The van der Waals surface area contributed by atoms with Crippen LogP contribution >= 0.6 is 15.9 Å². The Morgan fingerprint density at radius 1 is 1.31 bits per heavy atom. The quantitative estimate of drug-likeness (QED) is 0.811. The van der Waals surface area contributed by atoms with Crippen LogP contribution in [0.3, 0.4) is 0 Å². The minimum absolute atomic E-state index is 0.0103. The van der Waals surface area contributed by atoms with Crippen molar-refractivity contribution in [3.63, 3.8) is 0 Å². The first-order chi connectivity index (χ1) is 7.28. The van der Waals surface area contributed by atoms with Crippen LogP contribution in [0, 0.1) is 11.8 Å². The molecule has 0 bridgehead atoms. The fourth-order valence-electron chi connectivity index (χ4n) is 2.17. The van der Waals surface area contributed by atoms with Crippen molar-refractivity contribution in [1.82, 2.24) is 5.32 Å². The second-order valence-corrected chi connectivity index (χ2v) is 6.00. The molecule has 1 aliphatic heterocycles. The van der Waals surface area contributed by atoms with Gasteiger partial charge in [0.15, 0.2) is 0 Å². The largest absolute Gasteiger partial charge is 0.374 e. The Bertz CT molecular complexity index is 268. The summed E-state index contributed by atoms with van der Waals surface area (Å²) in [4.78, 5) is 12.2. The first-order valence-corrected chi connectivity index (χ1v) is 6.94. The van der Waals surface area contributed by atoms with E-state index in [1.54, 1.807) is 0 Å². The highest BCUT2D eigenvalue weighted by Crippen LogP contribution is 2.32. The number of rotatable bonds is 3. The summed E-state index contributed by atoms with van der Waals surface area (Å²) in [6.07, 6.45) is 0.175. The van der Waals surface area contributed by atoms with Crippen molar-refractivity contribution in [2.24, 2.45) is 11.8 Å². The van der Waals surface area contributed by atoms with Crippen molar-refractivity contribution < 1.29 is 9.53 Å². The molecular formula is C12H22BrNO2. The minimum atomic E-state index is -0.206. The number of nitrogens with one attached hydrogen (secondary N) is 1. The third-order valence-electron chi connectivity index (χ3n) is 3.34. The standard InChI is InChI=1S/C12H22BrNO2/c1-7-8(2)16-9(3)10(7)11(15)14-12(4,5)6-13/h7-10H,6H2,1-5H3,(H,14,15). The van der Waals surface area contributed by atoms with Crippen LogP contribution < -0.4 is 5.32 Å². The normalized spacial score (nSPS) is 35.1. The number of carbonyl (C=O) groups is 1. The summed E-state index contributed by atoms with van der Waals surface area (Å²) in [6.45, 7) is 10.1. The molecule has 1 heterocycles. The van der Waals surface area contributed by atoms with Gasteiger partial charge in [0.2, 0.25) is 5.91 Å². The molecule has 3 nitrogen and oxygen atoms in total. The van der Waals surface area contributed by atoms with E-state index in [9.17, 15) is 4.79 Å². The van der Waals surface area contributed by atoms with Crippen LogP contribution in [-0.4, -0.2) is 29.0 Å². The Labute approximate surface area is 106 Å². The lowest BCUT2D eigenvalue weighted by molar-refractivity contribution is -0.128. The third kappa shape index (κ3) is 2.98. The van der Waals surface area contributed by atoms with E-state index in [4.69, 9.17) is 4.74 Å². The maximum Gasteiger partial charge on any atom is 0.226 e. The molecule has 1 N–H and O–H groups in total. The van der Waals surface area contributed by atoms with E-state index in [-0.39, 0.29) is 35.5 Å². The molecule has 94 valence electrons. The van der Waals surface area contributed by atoms with Gasteiger partial charge < -0.3 is 10.1 Å². The van der Waals surface area contributed by atoms with Crippen LogP contribution in [0.5, 0.6) is 0 Å². The molecule has 4 heteroatoms. The van der Waals surface area contributed by atoms with E-state index < -0.39 is 0 Å². The van der Waals surface area contributed by atoms with E-state index in [2.05, 4.69) is 28.2 Å². The predicted octanol–water partition coefficient (Wildman–Crippen LogP) is 2.34. The average molecular weight is 292 g/mol. The highest BCUT2D eigenvalue weighted by atomic mass is 79.9. The first-order valence-electron chi connectivity index (χ1n) is 5.82. The summed E-state index contributed by atoms with van der Waals surface area (Å²) in [5.41, 5.74) is -0.206. The Balaban J connectivity index is 2.67. The smallest absolute Gasteiger partial charge is 0.226 e. The molecule has 0 aliphatic carbocycles. The van der Waals surface area contributed by atoms with E-state index in [0.29, 0.717) is 0 Å². The summed E-state index contributed by atoms with van der Waals surface area (Å²) in [5.74, 6) is 0.350. The van der Waals surface area contributed by atoms with Gasteiger partial charge in [-0.1, -0.05) is 22.9 Å². The van der Waals surface area contributed by atoms with Crippen molar-refractivity contribution >= 4 is 21.8 Å². The number of hydrogen-bond donors (Lipinski definition) is 1. The average Bonchev–Trinajstić information content (AvgIpc) is 2.40. The summed E-state index contributed by atoms with van der Waals surface area (Å²) < 4.78 is 5.68. The van der Waals surface area contributed by atoms with Gasteiger partial charge in [0.25, 0.3) is 0 Å². The topological polar surface area (TPSA) is 38.3 Å². The van der Waals surface area contributed by atoms with Crippen molar-refractivity contribution in [3.8, 4) is 0 Å². The molecule has 4 atom stereocenters. The van der Waals surface area contributed by atoms with Gasteiger partial charge in [-0.3, -0.25) is 4.79 Å². The Hall–Kier alpha value is -0.0900. The molecule has 1 fully saturated rings. The molecule has 0 spiro atoms. The van der Waals surface area contributed by atoms with Crippen LogP contribution in [0.4, 0.5) is 0 Å². The van der Waals surface area contributed by atoms with Crippen LogP contribution in [0.15, 0.2) is 0 Å². The third-order valence-corrected chi connectivity index (χ3v) is 4.74. The molecule has 1 rings (SSSR count). The highest BCUT2D eigenvalue weighted by Gasteiger charge is 2.42. The molecule has 0 aromatic rings. The number of carbonyl (C=O) groups excluding carboxylic acids is 1. The monoisotopic (exact) mass is 291 g/mol. The molecule has 0 saturated carbocycles. The van der Waals surface area contributed by atoms with Crippen molar-refractivity contribution in [2.45, 2.75) is 52.4 Å². The van der Waals surface area contributed by atoms with Crippen LogP contribution in [0.1, 0.15) is 34.6 Å².